The number of halogens is 1. The summed E-state index contributed by atoms with van der Waals surface area (Å²) in [7, 11) is -3.29. The summed E-state index contributed by atoms with van der Waals surface area (Å²) in [4.78, 5) is 2.43. The second kappa shape index (κ2) is 8.94. The first-order chi connectivity index (χ1) is 10.7. The lowest BCUT2D eigenvalue weighted by atomic mass is 9.97. The molecule has 7 nitrogen and oxygen atoms in total. The van der Waals surface area contributed by atoms with Crippen LogP contribution in [0.25, 0.3) is 0 Å². The highest BCUT2D eigenvalue weighted by Gasteiger charge is 2.33. The molecule has 23 heavy (non-hydrogen) atoms. The van der Waals surface area contributed by atoms with E-state index >= 15 is 0 Å². The van der Waals surface area contributed by atoms with Crippen LogP contribution in [0.1, 0.15) is 12.8 Å². The van der Waals surface area contributed by atoms with Crippen molar-refractivity contribution in [2.75, 3.05) is 72.1 Å². The van der Waals surface area contributed by atoms with Crippen molar-refractivity contribution >= 4 is 22.6 Å². The first kappa shape index (κ1) is 19.4. The molecule has 0 amide bonds. The quantitative estimate of drug-likeness (QED) is 0.731. The van der Waals surface area contributed by atoms with Gasteiger partial charge in [-0.3, -0.25) is 0 Å². The Hall–Kier alpha value is 0.0400. The van der Waals surface area contributed by atoms with Crippen LogP contribution in [0.5, 0.6) is 0 Å². The number of piperidine rings is 1. The number of nitrogens with zero attached hydrogens (tertiary/aromatic N) is 3. The lowest BCUT2D eigenvalue weighted by Crippen LogP contribution is -2.55. The average Bonchev–Trinajstić information content (AvgIpc) is 2.57. The Labute approximate surface area is 145 Å². The summed E-state index contributed by atoms with van der Waals surface area (Å²) in [6, 6.07) is 0. The second-order valence-electron chi connectivity index (χ2n) is 6.41. The second-order valence-corrected chi connectivity index (χ2v) is 8.34. The van der Waals surface area contributed by atoms with Crippen molar-refractivity contribution in [2.45, 2.75) is 12.8 Å². The van der Waals surface area contributed by atoms with Crippen LogP contribution in [0.4, 0.5) is 0 Å². The van der Waals surface area contributed by atoms with Crippen molar-refractivity contribution in [1.29, 1.82) is 0 Å². The first-order valence-electron chi connectivity index (χ1n) is 8.42. The molecule has 0 radical (unpaired) electrons. The van der Waals surface area contributed by atoms with Crippen molar-refractivity contribution in [3.8, 4) is 0 Å². The van der Waals surface area contributed by atoms with Gasteiger partial charge in [0.25, 0.3) is 10.2 Å². The summed E-state index contributed by atoms with van der Waals surface area (Å²) < 4.78 is 33.7. The van der Waals surface area contributed by atoms with E-state index in [0.29, 0.717) is 39.4 Å². The largest absolute Gasteiger partial charge is 0.379 e. The third-order valence-corrected chi connectivity index (χ3v) is 6.96. The normalized spacial score (nSPS) is 26.8. The number of rotatable bonds is 4. The van der Waals surface area contributed by atoms with Gasteiger partial charge in [-0.2, -0.15) is 17.0 Å². The molecule has 0 unspecified atom stereocenters. The first-order valence-corrected chi connectivity index (χ1v) is 9.82. The van der Waals surface area contributed by atoms with E-state index in [1.165, 1.54) is 12.8 Å². The summed E-state index contributed by atoms with van der Waals surface area (Å²) in [5.74, 6) is 0.767. The van der Waals surface area contributed by atoms with Gasteiger partial charge in [0.1, 0.15) is 0 Å². The molecule has 0 aromatic heterocycles. The van der Waals surface area contributed by atoms with Crippen LogP contribution in [0.3, 0.4) is 0 Å². The van der Waals surface area contributed by atoms with Crippen molar-refractivity contribution in [2.24, 2.45) is 5.92 Å². The van der Waals surface area contributed by atoms with E-state index in [9.17, 15) is 8.42 Å². The molecule has 0 atom stereocenters. The van der Waals surface area contributed by atoms with E-state index in [0.717, 1.165) is 38.6 Å². The molecule has 9 heteroatoms. The van der Waals surface area contributed by atoms with Crippen molar-refractivity contribution < 1.29 is 13.2 Å². The van der Waals surface area contributed by atoms with Crippen LogP contribution in [0.15, 0.2) is 0 Å². The monoisotopic (exact) mass is 368 g/mol. The van der Waals surface area contributed by atoms with Gasteiger partial charge in [-0.25, -0.2) is 0 Å². The zero-order valence-corrected chi connectivity index (χ0v) is 15.3. The summed E-state index contributed by atoms with van der Waals surface area (Å²) in [6.07, 6.45) is 2.48. The maximum absolute atomic E-state index is 12.6. The highest BCUT2D eigenvalue weighted by atomic mass is 35.5. The van der Waals surface area contributed by atoms with Crippen LogP contribution in [0.2, 0.25) is 0 Å². The summed E-state index contributed by atoms with van der Waals surface area (Å²) in [5, 5.41) is 3.39. The summed E-state index contributed by atoms with van der Waals surface area (Å²) in [5.41, 5.74) is 0. The van der Waals surface area contributed by atoms with Crippen LogP contribution < -0.4 is 5.32 Å². The minimum atomic E-state index is -3.29. The molecule has 0 aliphatic carbocycles. The standard InChI is InChI=1S/C14H28N4O3S.ClH/c19-22(20,18-9-11-21-12-10-18)17-7-5-16(6-8-17)13-14-1-3-15-4-2-14;/h14-15H,1-13H2;1H. The third kappa shape index (κ3) is 5.01. The van der Waals surface area contributed by atoms with Gasteiger partial charge in [0.05, 0.1) is 13.2 Å². The van der Waals surface area contributed by atoms with Crippen molar-refractivity contribution in [3.63, 3.8) is 0 Å². The SMILES string of the molecule is Cl.O=S(=O)(N1CCOCC1)N1CCN(CC2CCNCC2)CC1. The molecule has 1 N–H and O–H groups in total. The molecule has 0 saturated carbocycles. The fourth-order valence-electron chi connectivity index (χ4n) is 3.51. The third-order valence-electron chi connectivity index (χ3n) is 4.93. The molecule has 3 fully saturated rings. The Morgan fingerprint density at radius 3 is 2.09 bits per heavy atom. The number of nitrogens with one attached hydrogen (secondary N) is 1. The van der Waals surface area contributed by atoms with E-state index in [-0.39, 0.29) is 12.4 Å². The maximum atomic E-state index is 12.6. The van der Waals surface area contributed by atoms with E-state index in [4.69, 9.17) is 4.74 Å². The maximum Gasteiger partial charge on any atom is 0.282 e. The van der Waals surface area contributed by atoms with Gasteiger partial charge in [-0.1, -0.05) is 0 Å². The van der Waals surface area contributed by atoms with Gasteiger partial charge < -0.3 is 15.0 Å². The number of ether oxygens (including phenoxy) is 1. The number of hydrogen-bond acceptors (Lipinski definition) is 5. The molecule has 3 rings (SSSR count). The topological polar surface area (TPSA) is 65.1 Å². The van der Waals surface area contributed by atoms with E-state index < -0.39 is 10.2 Å². The van der Waals surface area contributed by atoms with Crippen LogP contribution in [0, 0.1) is 5.92 Å². The molecule has 3 heterocycles. The Morgan fingerprint density at radius 1 is 0.913 bits per heavy atom. The molecular weight excluding hydrogens is 340 g/mol. The highest BCUT2D eigenvalue weighted by molar-refractivity contribution is 7.86. The van der Waals surface area contributed by atoms with Gasteiger partial charge in [-0.05, 0) is 31.8 Å². The molecular formula is C14H29ClN4O3S. The van der Waals surface area contributed by atoms with E-state index in [2.05, 4.69) is 10.2 Å². The minimum Gasteiger partial charge on any atom is -0.379 e. The Bertz CT molecular complexity index is 445. The summed E-state index contributed by atoms with van der Waals surface area (Å²) in [6.45, 7) is 8.29. The van der Waals surface area contributed by atoms with Crippen LogP contribution in [-0.2, 0) is 14.9 Å². The van der Waals surface area contributed by atoms with Crippen molar-refractivity contribution in [1.82, 2.24) is 18.8 Å². The fourth-order valence-corrected chi connectivity index (χ4v) is 5.07. The fraction of sp³-hybridized carbons (Fsp3) is 1.00. The molecule has 0 bridgehead atoms. The highest BCUT2D eigenvalue weighted by Crippen LogP contribution is 2.17. The Kier molecular flexibility index (Phi) is 7.53. The molecule has 136 valence electrons. The predicted octanol–water partition coefficient (Wildman–Crippen LogP) is -0.398. The Morgan fingerprint density at radius 2 is 1.48 bits per heavy atom. The lowest BCUT2D eigenvalue weighted by molar-refractivity contribution is 0.0680. The van der Waals surface area contributed by atoms with E-state index in [1.807, 2.05) is 0 Å². The smallest absolute Gasteiger partial charge is 0.282 e. The Balaban J connectivity index is 0.00000192. The number of piperazine rings is 1. The van der Waals surface area contributed by atoms with Crippen LogP contribution in [-0.4, -0.2) is 94.0 Å². The minimum absolute atomic E-state index is 0. The molecule has 3 saturated heterocycles. The zero-order chi connectivity index (χ0) is 15.4. The molecule has 3 aliphatic heterocycles. The summed E-state index contributed by atoms with van der Waals surface area (Å²) >= 11 is 0. The molecule has 3 aliphatic rings. The van der Waals surface area contributed by atoms with Gasteiger partial charge in [-0.15, -0.1) is 12.4 Å². The molecule has 0 aromatic rings. The van der Waals surface area contributed by atoms with Crippen molar-refractivity contribution in [3.05, 3.63) is 0 Å². The van der Waals surface area contributed by atoms with Crippen LogP contribution >= 0.6 is 12.4 Å². The predicted molar refractivity (Wildman–Crippen MR) is 92.2 cm³/mol. The lowest BCUT2D eigenvalue weighted by Gasteiger charge is -2.39. The zero-order valence-electron chi connectivity index (χ0n) is 13.7. The van der Waals surface area contributed by atoms with Gasteiger partial charge >= 0.3 is 0 Å². The molecule has 0 spiro atoms. The number of morpholine rings is 1. The molecule has 0 aromatic carbocycles. The van der Waals surface area contributed by atoms with Gasteiger partial charge in [0.2, 0.25) is 0 Å². The van der Waals surface area contributed by atoms with Gasteiger partial charge in [0, 0.05) is 45.8 Å². The van der Waals surface area contributed by atoms with Gasteiger partial charge in [0.15, 0.2) is 0 Å². The van der Waals surface area contributed by atoms with E-state index in [1.54, 1.807) is 8.61 Å². The number of hydrogen-bond donors (Lipinski definition) is 1. The average molecular weight is 369 g/mol.